The number of aryl methyl sites for hydroxylation is 1. The van der Waals surface area contributed by atoms with E-state index in [1.807, 2.05) is 25.1 Å². The van der Waals surface area contributed by atoms with Crippen molar-refractivity contribution in [3.05, 3.63) is 51.9 Å². The molecule has 2 atom stereocenters. The number of ether oxygens (including phenoxy) is 1. The number of rotatable bonds is 7. The van der Waals surface area contributed by atoms with Gasteiger partial charge in [0.2, 0.25) is 5.91 Å². The van der Waals surface area contributed by atoms with E-state index in [1.54, 1.807) is 7.05 Å². The minimum Gasteiger partial charge on any atom is -0.538 e. The van der Waals surface area contributed by atoms with Crippen LogP contribution in [0.5, 0.6) is 5.95 Å². The van der Waals surface area contributed by atoms with Gasteiger partial charge in [0.1, 0.15) is 5.00 Å². The van der Waals surface area contributed by atoms with Crippen LogP contribution >= 0.6 is 23.1 Å². The largest absolute Gasteiger partial charge is 0.538 e. The molecule has 2 heterocycles. The molecule has 4 rings (SSSR count). The number of hydrogen-bond donors (Lipinski definition) is 1. The Balaban J connectivity index is 1.59. The first kappa shape index (κ1) is 23.3. The zero-order valence-corrected chi connectivity index (χ0v) is 20.3. The van der Waals surface area contributed by atoms with Gasteiger partial charge in [-0.15, -0.1) is 11.3 Å². The summed E-state index contributed by atoms with van der Waals surface area (Å²) in [5, 5.41) is 18.6. The Kier molecular flexibility index (Phi) is 7.04. The molecule has 0 radical (unpaired) electrons. The van der Waals surface area contributed by atoms with Gasteiger partial charge in [0, 0.05) is 4.88 Å². The number of carbonyl (C=O) groups excluding carboxylic acids is 2. The lowest BCUT2D eigenvalue weighted by molar-refractivity contribution is -0.772. The van der Waals surface area contributed by atoms with Crippen molar-refractivity contribution in [1.82, 2.24) is 5.27 Å². The SMILES string of the molecule is CCC(Sc1c([O-])on[n+]1C)C(=O)Nc1sc2c(c1C(=O)OC)CCC(c1ccccc1)C2. The Labute approximate surface area is 199 Å². The molecule has 33 heavy (non-hydrogen) atoms. The maximum atomic E-state index is 13.1. The van der Waals surface area contributed by atoms with Crippen LogP contribution in [0, 0.1) is 0 Å². The lowest BCUT2D eigenvalue weighted by Crippen LogP contribution is -2.34. The summed E-state index contributed by atoms with van der Waals surface area (Å²) in [6.45, 7) is 1.86. The van der Waals surface area contributed by atoms with Crippen LogP contribution in [0.4, 0.5) is 5.00 Å². The summed E-state index contributed by atoms with van der Waals surface area (Å²) >= 11 is 2.53. The lowest BCUT2D eigenvalue weighted by Gasteiger charge is -2.22. The maximum absolute atomic E-state index is 13.1. The Morgan fingerprint density at radius 3 is 2.79 bits per heavy atom. The number of hydrogen-bond acceptors (Lipinski definition) is 8. The quantitative estimate of drug-likeness (QED) is 0.310. The Morgan fingerprint density at radius 2 is 2.15 bits per heavy atom. The normalized spacial score (nSPS) is 16.2. The summed E-state index contributed by atoms with van der Waals surface area (Å²) in [6.07, 6.45) is 2.96. The molecular formula is C23H25N3O5S2. The summed E-state index contributed by atoms with van der Waals surface area (Å²) in [4.78, 5) is 26.9. The minimum atomic E-state index is -0.581. The summed E-state index contributed by atoms with van der Waals surface area (Å²) in [5.41, 5.74) is 2.68. The van der Waals surface area contributed by atoms with Crippen molar-refractivity contribution < 1.29 is 28.6 Å². The van der Waals surface area contributed by atoms with E-state index in [0.717, 1.165) is 41.5 Å². The topological polar surface area (TPSA) is 108 Å². The number of esters is 1. The van der Waals surface area contributed by atoms with Crippen molar-refractivity contribution in [3.8, 4) is 5.95 Å². The minimum absolute atomic E-state index is 0.251. The van der Waals surface area contributed by atoms with Crippen LogP contribution in [0.25, 0.3) is 0 Å². The van der Waals surface area contributed by atoms with Gasteiger partial charge >= 0.3 is 5.97 Å². The molecule has 1 amide bonds. The second-order valence-electron chi connectivity index (χ2n) is 7.84. The van der Waals surface area contributed by atoms with Crippen LogP contribution in [-0.4, -0.2) is 29.5 Å². The van der Waals surface area contributed by atoms with Crippen molar-refractivity contribution in [1.29, 1.82) is 0 Å². The van der Waals surface area contributed by atoms with E-state index in [0.29, 0.717) is 22.9 Å². The summed E-state index contributed by atoms with van der Waals surface area (Å²) in [7, 11) is 2.93. The van der Waals surface area contributed by atoms with Gasteiger partial charge in [-0.3, -0.25) is 4.79 Å². The number of carbonyl (C=O) groups is 2. The molecule has 1 aliphatic rings. The number of nitrogens with one attached hydrogen (secondary N) is 1. The van der Waals surface area contributed by atoms with E-state index >= 15 is 0 Å². The molecule has 174 valence electrons. The van der Waals surface area contributed by atoms with Crippen LogP contribution in [0.15, 0.2) is 39.9 Å². The molecule has 8 nitrogen and oxygen atoms in total. The number of anilines is 1. The van der Waals surface area contributed by atoms with Gasteiger partial charge in [0.15, 0.2) is 13.0 Å². The van der Waals surface area contributed by atoms with Crippen LogP contribution in [0.1, 0.15) is 52.0 Å². The van der Waals surface area contributed by atoms with E-state index in [-0.39, 0.29) is 10.9 Å². The van der Waals surface area contributed by atoms with Crippen molar-refractivity contribution in [2.45, 2.75) is 48.8 Å². The monoisotopic (exact) mass is 487 g/mol. The zero-order chi connectivity index (χ0) is 23.5. The first-order valence-corrected chi connectivity index (χ1v) is 12.4. The molecular weight excluding hydrogens is 462 g/mol. The molecule has 1 aliphatic carbocycles. The average Bonchev–Trinajstić information content (AvgIpc) is 3.35. The molecule has 0 fully saturated rings. The fourth-order valence-corrected chi connectivity index (χ4v) is 6.32. The van der Waals surface area contributed by atoms with Gasteiger partial charge in [-0.1, -0.05) is 41.9 Å². The summed E-state index contributed by atoms with van der Waals surface area (Å²) in [5.74, 6) is -0.947. The second-order valence-corrected chi connectivity index (χ2v) is 10.1. The third kappa shape index (κ3) is 4.77. The number of thioether (sulfide) groups is 1. The van der Waals surface area contributed by atoms with E-state index in [1.165, 1.54) is 28.7 Å². The van der Waals surface area contributed by atoms with E-state index in [2.05, 4.69) is 27.2 Å². The highest BCUT2D eigenvalue weighted by Gasteiger charge is 2.32. The number of methoxy groups -OCH3 is 1. The van der Waals surface area contributed by atoms with Gasteiger partial charge in [-0.25, -0.2) is 4.79 Å². The molecule has 0 aliphatic heterocycles. The van der Waals surface area contributed by atoms with Crippen molar-refractivity contribution in [2.24, 2.45) is 7.05 Å². The molecule has 2 aromatic heterocycles. The molecule has 0 saturated carbocycles. The van der Waals surface area contributed by atoms with Crippen molar-refractivity contribution in [3.63, 3.8) is 0 Å². The van der Waals surface area contributed by atoms with E-state index in [9.17, 15) is 14.7 Å². The number of benzene rings is 1. The predicted molar refractivity (Wildman–Crippen MR) is 123 cm³/mol. The fraction of sp³-hybridized carbons (Fsp3) is 0.391. The second kappa shape index (κ2) is 9.96. The van der Waals surface area contributed by atoms with Crippen molar-refractivity contribution in [2.75, 3.05) is 12.4 Å². The number of aromatic nitrogens is 2. The smallest absolute Gasteiger partial charge is 0.341 e. The predicted octanol–water partition coefficient (Wildman–Crippen LogP) is 3.20. The van der Waals surface area contributed by atoms with Gasteiger partial charge in [0.05, 0.1) is 23.2 Å². The number of amides is 1. The average molecular weight is 488 g/mol. The Hall–Kier alpha value is -2.85. The van der Waals surface area contributed by atoms with Gasteiger partial charge in [-0.2, -0.15) is 0 Å². The highest BCUT2D eigenvalue weighted by Crippen LogP contribution is 2.43. The molecule has 1 aromatic carbocycles. The van der Waals surface area contributed by atoms with Gasteiger partial charge in [0.25, 0.3) is 5.03 Å². The Morgan fingerprint density at radius 1 is 1.39 bits per heavy atom. The number of nitrogens with zero attached hydrogens (tertiary/aromatic N) is 2. The number of fused-ring (bicyclic) bond motifs is 1. The van der Waals surface area contributed by atoms with Crippen LogP contribution < -0.4 is 15.1 Å². The van der Waals surface area contributed by atoms with Gasteiger partial charge < -0.3 is 19.7 Å². The molecule has 0 saturated heterocycles. The highest BCUT2D eigenvalue weighted by atomic mass is 32.2. The molecule has 1 N–H and O–H groups in total. The zero-order valence-electron chi connectivity index (χ0n) is 18.6. The van der Waals surface area contributed by atoms with E-state index in [4.69, 9.17) is 4.74 Å². The van der Waals surface area contributed by atoms with E-state index < -0.39 is 17.2 Å². The lowest BCUT2D eigenvalue weighted by atomic mass is 9.83. The first-order valence-electron chi connectivity index (χ1n) is 10.7. The van der Waals surface area contributed by atoms with Crippen LogP contribution in [0.3, 0.4) is 0 Å². The van der Waals surface area contributed by atoms with Crippen molar-refractivity contribution >= 4 is 40.0 Å². The third-order valence-corrected chi connectivity index (χ3v) is 8.45. The Bertz CT molecular complexity index is 1140. The molecule has 10 heteroatoms. The standard InChI is InChI=1S/C23H25N3O5S2/c1-4-16(33-21-23(29)31-25-26(21)2)19(27)24-20-18(22(28)30-3)15-11-10-14(12-17(15)32-20)13-8-6-5-7-9-13/h5-9,14,16H,4,10-12H2,1-3H3,(H-,24,25,27,28,29). The molecule has 0 spiro atoms. The molecule has 2 unspecified atom stereocenters. The molecule has 3 aromatic rings. The van der Waals surface area contributed by atoms with Gasteiger partial charge in [-0.05, 0) is 54.5 Å². The first-order chi connectivity index (χ1) is 15.9. The summed E-state index contributed by atoms with van der Waals surface area (Å²) < 4.78 is 11.0. The number of thiophene rings is 1. The van der Waals surface area contributed by atoms with Crippen LogP contribution in [-0.2, 0) is 29.4 Å². The third-order valence-electron chi connectivity index (χ3n) is 5.79. The van der Waals surface area contributed by atoms with Crippen LogP contribution in [0.2, 0.25) is 0 Å². The summed E-state index contributed by atoms with van der Waals surface area (Å²) in [6, 6.07) is 10.3. The highest BCUT2D eigenvalue weighted by molar-refractivity contribution is 8.00. The fourth-order valence-electron chi connectivity index (χ4n) is 4.08. The molecule has 0 bridgehead atoms. The maximum Gasteiger partial charge on any atom is 0.341 e.